The lowest BCUT2D eigenvalue weighted by Gasteiger charge is -2.06. The Morgan fingerprint density at radius 3 is 2.69 bits per heavy atom. The highest BCUT2D eigenvalue weighted by Crippen LogP contribution is 2.22. The molecule has 0 saturated heterocycles. The van der Waals surface area contributed by atoms with Gasteiger partial charge in [0.15, 0.2) is 0 Å². The van der Waals surface area contributed by atoms with Gasteiger partial charge < -0.3 is 5.11 Å². The van der Waals surface area contributed by atoms with E-state index in [0.717, 1.165) is 14.7 Å². The van der Waals surface area contributed by atoms with Gasteiger partial charge in [-0.3, -0.25) is 4.79 Å². The van der Waals surface area contributed by atoms with E-state index < -0.39 is 5.97 Å². The van der Waals surface area contributed by atoms with Gasteiger partial charge in [0.2, 0.25) is 0 Å². The van der Waals surface area contributed by atoms with Crippen LogP contribution in [0.2, 0.25) is 5.02 Å². The first-order valence-corrected chi connectivity index (χ1v) is 5.12. The van der Waals surface area contributed by atoms with Crippen molar-refractivity contribution in [2.75, 3.05) is 0 Å². The van der Waals surface area contributed by atoms with Crippen LogP contribution in [-0.2, 0) is 11.2 Å². The van der Waals surface area contributed by atoms with Crippen LogP contribution in [0.1, 0.15) is 11.1 Å². The van der Waals surface area contributed by atoms with Crippen molar-refractivity contribution in [1.29, 1.82) is 0 Å². The fourth-order valence-electron chi connectivity index (χ4n) is 1.11. The summed E-state index contributed by atoms with van der Waals surface area (Å²) in [7, 11) is 0. The molecule has 0 amide bonds. The van der Waals surface area contributed by atoms with E-state index in [2.05, 4.69) is 22.6 Å². The molecule has 0 heterocycles. The van der Waals surface area contributed by atoms with Gasteiger partial charge >= 0.3 is 5.97 Å². The lowest BCUT2D eigenvalue weighted by molar-refractivity contribution is -0.136. The molecular formula is C9H8ClIO2. The smallest absolute Gasteiger partial charge is 0.307 e. The van der Waals surface area contributed by atoms with E-state index >= 15 is 0 Å². The molecule has 0 unspecified atom stereocenters. The largest absolute Gasteiger partial charge is 0.481 e. The van der Waals surface area contributed by atoms with Crippen LogP contribution in [0.3, 0.4) is 0 Å². The molecule has 1 rings (SSSR count). The minimum Gasteiger partial charge on any atom is -0.481 e. The molecule has 0 aliphatic carbocycles. The van der Waals surface area contributed by atoms with E-state index in [-0.39, 0.29) is 6.42 Å². The second-order valence-electron chi connectivity index (χ2n) is 2.75. The Bertz CT molecular complexity index is 326. The van der Waals surface area contributed by atoms with Gasteiger partial charge in [-0.2, -0.15) is 0 Å². The van der Waals surface area contributed by atoms with Crippen molar-refractivity contribution in [2.45, 2.75) is 13.3 Å². The summed E-state index contributed by atoms with van der Waals surface area (Å²) in [4.78, 5) is 10.5. The van der Waals surface area contributed by atoms with Gasteiger partial charge in [0, 0.05) is 8.59 Å². The van der Waals surface area contributed by atoms with Crippen molar-refractivity contribution in [2.24, 2.45) is 0 Å². The summed E-state index contributed by atoms with van der Waals surface area (Å²) < 4.78 is 0.907. The Hall–Kier alpha value is -0.290. The molecule has 0 bridgehead atoms. The maximum Gasteiger partial charge on any atom is 0.307 e. The van der Waals surface area contributed by atoms with Gasteiger partial charge in [-0.05, 0) is 52.8 Å². The van der Waals surface area contributed by atoms with Crippen LogP contribution in [0.4, 0.5) is 0 Å². The van der Waals surface area contributed by atoms with Crippen molar-refractivity contribution in [1.82, 2.24) is 0 Å². The van der Waals surface area contributed by atoms with E-state index in [1.165, 1.54) is 0 Å². The number of carbonyl (C=O) groups is 1. The van der Waals surface area contributed by atoms with Crippen molar-refractivity contribution in [3.63, 3.8) is 0 Å². The highest BCUT2D eigenvalue weighted by molar-refractivity contribution is 14.1. The predicted octanol–water partition coefficient (Wildman–Crippen LogP) is 2.88. The van der Waals surface area contributed by atoms with Gasteiger partial charge in [0.05, 0.1) is 6.42 Å². The molecule has 1 N–H and O–H groups in total. The molecule has 0 saturated carbocycles. The van der Waals surface area contributed by atoms with E-state index in [1.807, 2.05) is 6.92 Å². The number of carboxylic acid groups (broad SMARTS) is 1. The standard InChI is InChI=1S/C9H8ClIO2/c1-5-2-6(10)3-8(11)7(5)4-9(12)13/h2-3H,4H2,1H3,(H,12,13). The number of rotatable bonds is 2. The number of benzene rings is 1. The fraction of sp³-hybridized carbons (Fsp3) is 0.222. The molecule has 0 aromatic heterocycles. The van der Waals surface area contributed by atoms with Gasteiger partial charge in [0.25, 0.3) is 0 Å². The summed E-state index contributed by atoms with van der Waals surface area (Å²) in [5, 5.41) is 9.30. The number of hydrogen-bond donors (Lipinski definition) is 1. The molecule has 1 aromatic carbocycles. The SMILES string of the molecule is Cc1cc(Cl)cc(I)c1CC(=O)O. The molecule has 2 nitrogen and oxygen atoms in total. The summed E-state index contributed by atoms with van der Waals surface area (Å²) in [5.41, 5.74) is 1.77. The third-order valence-corrected chi connectivity index (χ3v) is 2.89. The molecule has 0 aliphatic rings. The van der Waals surface area contributed by atoms with Crippen LogP contribution in [0.25, 0.3) is 0 Å². The number of aryl methyl sites for hydroxylation is 1. The first-order valence-electron chi connectivity index (χ1n) is 3.67. The molecule has 70 valence electrons. The van der Waals surface area contributed by atoms with Crippen LogP contribution in [0.15, 0.2) is 12.1 Å². The zero-order valence-corrected chi connectivity index (χ0v) is 9.89. The topological polar surface area (TPSA) is 37.3 Å². The van der Waals surface area contributed by atoms with E-state index in [4.69, 9.17) is 16.7 Å². The Morgan fingerprint density at radius 2 is 2.23 bits per heavy atom. The molecular weight excluding hydrogens is 302 g/mol. The highest BCUT2D eigenvalue weighted by atomic mass is 127. The molecule has 13 heavy (non-hydrogen) atoms. The first-order chi connectivity index (χ1) is 6.00. The summed E-state index contributed by atoms with van der Waals surface area (Å²) in [5.74, 6) is -0.816. The number of hydrogen-bond acceptors (Lipinski definition) is 1. The van der Waals surface area contributed by atoms with Crippen LogP contribution >= 0.6 is 34.2 Å². The quantitative estimate of drug-likeness (QED) is 0.853. The Balaban J connectivity index is 3.13. The molecule has 0 aliphatic heterocycles. The molecule has 0 spiro atoms. The zero-order valence-electron chi connectivity index (χ0n) is 6.97. The molecule has 0 radical (unpaired) electrons. The van der Waals surface area contributed by atoms with Crippen molar-refractivity contribution < 1.29 is 9.90 Å². The Kier molecular flexibility index (Phi) is 3.55. The van der Waals surface area contributed by atoms with Crippen molar-refractivity contribution in [3.05, 3.63) is 31.9 Å². The van der Waals surface area contributed by atoms with E-state index in [1.54, 1.807) is 12.1 Å². The second-order valence-corrected chi connectivity index (χ2v) is 4.35. The average molecular weight is 311 g/mol. The summed E-state index contributed by atoms with van der Waals surface area (Å²) in [6.07, 6.45) is 0.0568. The zero-order chi connectivity index (χ0) is 10.0. The van der Waals surface area contributed by atoms with Gasteiger partial charge in [-0.15, -0.1) is 0 Å². The maximum absolute atomic E-state index is 10.5. The van der Waals surface area contributed by atoms with Crippen LogP contribution in [0.5, 0.6) is 0 Å². The van der Waals surface area contributed by atoms with Crippen LogP contribution < -0.4 is 0 Å². The minimum atomic E-state index is -0.816. The van der Waals surface area contributed by atoms with E-state index in [0.29, 0.717) is 5.02 Å². The predicted molar refractivity (Wildman–Crippen MR) is 60.2 cm³/mol. The molecule has 1 aromatic rings. The lowest BCUT2D eigenvalue weighted by Crippen LogP contribution is -2.04. The Labute approximate surface area is 95.0 Å². The van der Waals surface area contributed by atoms with Gasteiger partial charge in [-0.1, -0.05) is 11.6 Å². The van der Waals surface area contributed by atoms with Crippen molar-refractivity contribution >= 4 is 40.2 Å². The number of aliphatic carboxylic acids is 1. The van der Waals surface area contributed by atoms with Crippen molar-refractivity contribution in [3.8, 4) is 0 Å². The second kappa shape index (κ2) is 4.28. The molecule has 0 atom stereocenters. The van der Waals surface area contributed by atoms with Crippen LogP contribution in [-0.4, -0.2) is 11.1 Å². The first kappa shape index (κ1) is 10.8. The molecule has 4 heteroatoms. The lowest BCUT2D eigenvalue weighted by atomic mass is 10.1. The van der Waals surface area contributed by atoms with Gasteiger partial charge in [-0.25, -0.2) is 0 Å². The third kappa shape index (κ3) is 2.84. The van der Waals surface area contributed by atoms with Gasteiger partial charge in [0.1, 0.15) is 0 Å². The number of carboxylic acids is 1. The Morgan fingerprint density at radius 1 is 1.62 bits per heavy atom. The molecule has 0 fully saturated rings. The minimum absolute atomic E-state index is 0.0568. The highest BCUT2D eigenvalue weighted by Gasteiger charge is 2.08. The van der Waals surface area contributed by atoms with E-state index in [9.17, 15) is 4.79 Å². The fourth-order valence-corrected chi connectivity index (χ4v) is 2.52. The monoisotopic (exact) mass is 310 g/mol. The average Bonchev–Trinajstić information content (AvgIpc) is 1.96. The normalized spacial score (nSPS) is 10.1. The summed E-state index contributed by atoms with van der Waals surface area (Å²) in [6.45, 7) is 1.87. The third-order valence-electron chi connectivity index (χ3n) is 1.71. The summed E-state index contributed by atoms with van der Waals surface area (Å²) >= 11 is 7.90. The van der Waals surface area contributed by atoms with Crippen LogP contribution in [0, 0.1) is 10.5 Å². The number of halogens is 2. The maximum atomic E-state index is 10.5. The summed E-state index contributed by atoms with van der Waals surface area (Å²) in [6, 6.07) is 3.55.